The van der Waals surface area contributed by atoms with Gasteiger partial charge in [0.1, 0.15) is 0 Å². The molecule has 1 fully saturated rings. The van der Waals surface area contributed by atoms with Crippen LogP contribution >= 0.6 is 0 Å². The average Bonchev–Trinajstić information content (AvgIpc) is 2.83. The van der Waals surface area contributed by atoms with Gasteiger partial charge in [-0.1, -0.05) is 49.4 Å². The van der Waals surface area contributed by atoms with Crippen molar-refractivity contribution in [2.75, 3.05) is 46.8 Å². The van der Waals surface area contributed by atoms with Crippen LogP contribution in [0.5, 0.6) is 0 Å². The lowest BCUT2D eigenvalue weighted by molar-refractivity contribution is 0.0827. The molecule has 6 nitrogen and oxygen atoms in total. The van der Waals surface area contributed by atoms with Gasteiger partial charge in [0.05, 0.1) is 6.54 Å². The molecule has 2 aromatic carbocycles. The van der Waals surface area contributed by atoms with Gasteiger partial charge in [-0.15, -0.1) is 0 Å². The number of benzene rings is 2. The van der Waals surface area contributed by atoms with Crippen LogP contribution in [0.15, 0.2) is 59.6 Å². The molecule has 1 saturated heterocycles. The molecule has 1 aliphatic rings. The van der Waals surface area contributed by atoms with Gasteiger partial charge >= 0.3 is 0 Å². The Hall–Kier alpha value is -2.86. The van der Waals surface area contributed by atoms with Gasteiger partial charge in [0.15, 0.2) is 5.96 Å². The topological polar surface area (TPSA) is 51.2 Å². The van der Waals surface area contributed by atoms with Gasteiger partial charge < -0.3 is 15.1 Å². The standard InChI is InChI=1S/C26H37N5O/c1-5-24(22-10-8-7-9-11-22)30-16-18-31(19-17-30)26(27-6-2)28-20-21-12-14-23(15-13-21)25(32)29(3)4/h7-15,24H,5-6,16-20H2,1-4H3,(H,27,28). The fourth-order valence-corrected chi connectivity index (χ4v) is 4.23. The van der Waals surface area contributed by atoms with Gasteiger partial charge in [-0.05, 0) is 36.6 Å². The Balaban J connectivity index is 1.61. The first-order valence-corrected chi connectivity index (χ1v) is 11.7. The number of guanidine groups is 1. The summed E-state index contributed by atoms with van der Waals surface area (Å²) in [6.45, 7) is 9.80. The molecule has 1 aliphatic heterocycles. The van der Waals surface area contributed by atoms with E-state index in [0.29, 0.717) is 18.2 Å². The molecular weight excluding hydrogens is 398 g/mol. The number of hydrogen-bond donors (Lipinski definition) is 1. The van der Waals surface area contributed by atoms with E-state index in [9.17, 15) is 4.79 Å². The molecule has 0 radical (unpaired) electrons. The zero-order valence-electron chi connectivity index (χ0n) is 19.9. The SMILES string of the molecule is CCNC(=NCc1ccc(C(=O)N(C)C)cc1)N1CCN(C(CC)c2ccccc2)CC1. The van der Waals surface area contributed by atoms with Crippen molar-refractivity contribution in [3.8, 4) is 0 Å². The van der Waals surface area contributed by atoms with Gasteiger partial charge in [0.2, 0.25) is 0 Å². The smallest absolute Gasteiger partial charge is 0.253 e. The summed E-state index contributed by atoms with van der Waals surface area (Å²) in [6, 6.07) is 19.1. The minimum absolute atomic E-state index is 0.0205. The quantitative estimate of drug-likeness (QED) is 0.533. The first-order chi connectivity index (χ1) is 15.5. The third-order valence-corrected chi connectivity index (χ3v) is 5.98. The number of nitrogens with one attached hydrogen (secondary N) is 1. The van der Waals surface area contributed by atoms with Gasteiger partial charge in [-0.25, -0.2) is 4.99 Å². The van der Waals surface area contributed by atoms with E-state index in [-0.39, 0.29) is 5.91 Å². The summed E-state index contributed by atoms with van der Waals surface area (Å²) in [5, 5.41) is 3.45. The van der Waals surface area contributed by atoms with E-state index in [4.69, 9.17) is 4.99 Å². The van der Waals surface area contributed by atoms with Crippen molar-refractivity contribution < 1.29 is 4.79 Å². The van der Waals surface area contributed by atoms with Crippen LogP contribution in [0, 0.1) is 0 Å². The first-order valence-electron chi connectivity index (χ1n) is 11.7. The molecule has 0 bridgehead atoms. The Kier molecular flexibility index (Phi) is 8.68. The zero-order chi connectivity index (χ0) is 22.9. The molecule has 172 valence electrons. The van der Waals surface area contributed by atoms with Crippen molar-refractivity contribution >= 4 is 11.9 Å². The van der Waals surface area contributed by atoms with E-state index in [1.165, 1.54) is 5.56 Å². The Morgan fingerprint density at radius 1 is 1.00 bits per heavy atom. The van der Waals surface area contributed by atoms with Crippen molar-refractivity contribution in [2.45, 2.75) is 32.9 Å². The average molecular weight is 436 g/mol. The van der Waals surface area contributed by atoms with Gasteiger partial charge in [-0.3, -0.25) is 9.69 Å². The third kappa shape index (κ3) is 6.10. The van der Waals surface area contributed by atoms with E-state index in [2.05, 4.69) is 59.3 Å². The van der Waals surface area contributed by atoms with Gasteiger partial charge in [-0.2, -0.15) is 0 Å². The second-order valence-electron chi connectivity index (χ2n) is 8.42. The third-order valence-electron chi connectivity index (χ3n) is 5.98. The molecule has 1 amide bonds. The van der Waals surface area contributed by atoms with Crippen LogP contribution < -0.4 is 5.32 Å². The fraction of sp³-hybridized carbons (Fsp3) is 0.462. The van der Waals surface area contributed by atoms with Crippen molar-refractivity contribution in [1.29, 1.82) is 0 Å². The molecule has 0 spiro atoms. The summed E-state index contributed by atoms with van der Waals surface area (Å²) in [6.07, 6.45) is 1.12. The zero-order valence-corrected chi connectivity index (χ0v) is 19.9. The maximum Gasteiger partial charge on any atom is 0.253 e. The van der Waals surface area contributed by atoms with Crippen LogP contribution in [0.2, 0.25) is 0 Å². The van der Waals surface area contributed by atoms with Crippen molar-refractivity contribution in [3.63, 3.8) is 0 Å². The molecule has 2 aromatic rings. The largest absolute Gasteiger partial charge is 0.357 e. The Labute approximate surface area is 192 Å². The second-order valence-corrected chi connectivity index (χ2v) is 8.42. The lowest BCUT2D eigenvalue weighted by Gasteiger charge is -2.40. The maximum absolute atomic E-state index is 12.1. The summed E-state index contributed by atoms with van der Waals surface area (Å²) in [7, 11) is 3.54. The minimum atomic E-state index is 0.0205. The fourth-order valence-electron chi connectivity index (χ4n) is 4.23. The number of carbonyl (C=O) groups excluding carboxylic acids is 1. The van der Waals surface area contributed by atoms with E-state index in [0.717, 1.165) is 50.7 Å². The molecule has 0 aromatic heterocycles. The highest BCUT2D eigenvalue weighted by Gasteiger charge is 2.25. The molecule has 1 N–H and O–H groups in total. The molecule has 0 saturated carbocycles. The van der Waals surface area contributed by atoms with Crippen LogP contribution in [0.4, 0.5) is 0 Å². The molecular formula is C26H37N5O. The number of rotatable bonds is 7. The van der Waals surface area contributed by atoms with Crippen LogP contribution in [0.25, 0.3) is 0 Å². The summed E-state index contributed by atoms with van der Waals surface area (Å²) in [5.41, 5.74) is 3.21. The summed E-state index contributed by atoms with van der Waals surface area (Å²) in [4.78, 5) is 23.5. The van der Waals surface area contributed by atoms with E-state index in [1.54, 1.807) is 19.0 Å². The van der Waals surface area contributed by atoms with E-state index >= 15 is 0 Å². The van der Waals surface area contributed by atoms with Gasteiger partial charge in [0, 0.05) is 58.4 Å². The van der Waals surface area contributed by atoms with Crippen LogP contribution in [0.3, 0.4) is 0 Å². The molecule has 32 heavy (non-hydrogen) atoms. The second kappa shape index (κ2) is 11.7. The summed E-state index contributed by atoms with van der Waals surface area (Å²) in [5.74, 6) is 0.987. The molecule has 1 atom stereocenters. The number of piperazine rings is 1. The van der Waals surface area contributed by atoms with E-state index in [1.807, 2.05) is 24.3 Å². The van der Waals surface area contributed by atoms with Gasteiger partial charge in [0.25, 0.3) is 5.91 Å². The van der Waals surface area contributed by atoms with Crippen LogP contribution in [-0.4, -0.2) is 73.4 Å². The predicted octanol–water partition coefficient (Wildman–Crippen LogP) is 3.62. The maximum atomic E-state index is 12.1. The Bertz CT molecular complexity index is 871. The Morgan fingerprint density at radius 2 is 1.66 bits per heavy atom. The number of carbonyl (C=O) groups is 1. The lowest BCUT2D eigenvalue weighted by Crippen LogP contribution is -2.53. The normalized spacial score (nSPS) is 16.0. The highest BCUT2D eigenvalue weighted by Crippen LogP contribution is 2.25. The highest BCUT2D eigenvalue weighted by molar-refractivity contribution is 5.93. The number of aliphatic imine (C=N–C) groups is 1. The lowest BCUT2D eigenvalue weighted by atomic mass is 10.0. The molecule has 0 aliphatic carbocycles. The Morgan fingerprint density at radius 3 is 2.22 bits per heavy atom. The van der Waals surface area contributed by atoms with Crippen LogP contribution in [-0.2, 0) is 6.54 Å². The molecule has 6 heteroatoms. The highest BCUT2D eigenvalue weighted by atomic mass is 16.2. The van der Waals surface area contributed by atoms with Crippen molar-refractivity contribution in [3.05, 3.63) is 71.3 Å². The summed E-state index contributed by atoms with van der Waals surface area (Å²) < 4.78 is 0. The molecule has 1 unspecified atom stereocenters. The molecule has 1 heterocycles. The number of hydrogen-bond acceptors (Lipinski definition) is 3. The van der Waals surface area contributed by atoms with E-state index < -0.39 is 0 Å². The molecule has 3 rings (SSSR count). The van der Waals surface area contributed by atoms with Crippen LogP contribution in [0.1, 0.15) is 47.8 Å². The summed E-state index contributed by atoms with van der Waals surface area (Å²) >= 11 is 0. The van der Waals surface area contributed by atoms with Crippen molar-refractivity contribution in [2.24, 2.45) is 4.99 Å². The minimum Gasteiger partial charge on any atom is -0.357 e. The van der Waals surface area contributed by atoms with Crippen molar-refractivity contribution in [1.82, 2.24) is 20.0 Å². The predicted molar refractivity (Wildman–Crippen MR) is 132 cm³/mol. The monoisotopic (exact) mass is 435 g/mol. The number of amides is 1. The first kappa shape index (κ1) is 23.8. The number of nitrogens with zero attached hydrogens (tertiary/aromatic N) is 4.